The highest BCUT2D eigenvalue weighted by Crippen LogP contribution is 2.42. The molecule has 1 N–H and O–H groups in total. The molecule has 7 heteroatoms. The average Bonchev–Trinajstić information content (AvgIpc) is 2.99. The Morgan fingerprint density at radius 2 is 1.93 bits per heavy atom. The minimum Gasteiger partial charge on any atom is -0.497 e. The summed E-state index contributed by atoms with van der Waals surface area (Å²) < 4.78 is 10.9. The number of hydrogen-bond donors (Lipinski definition) is 1. The van der Waals surface area contributed by atoms with Crippen molar-refractivity contribution in [1.82, 2.24) is 4.98 Å². The smallest absolute Gasteiger partial charge is 0.262 e. The van der Waals surface area contributed by atoms with Crippen molar-refractivity contribution in [2.24, 2.45) is 0 Å². The van der Waals surface area contributed by atoms with E-state index < -0.39 is 6.17 Å². The monoisotopic (exact) mass is 395 g/mol. The fourth-order valence-electron chi connectivity index (χ4n) is 3.29. The van der Waals surface area contributed by atoms with Crippen LogP contribution in [0.1, 0.15) is 22.2 Å². The molecule has 1 aliphatic heterocycles. The zero-order valence-electron chi connectivity index (χ0n) is 15.3. The summed E-state index contributed by atoms with van der Waals surface area (Å²) in [6.07, 6.45) is 1.15. The lowest BCUT2D eigenvalue weighted by atomic mass is 10.2. The lowest BCUT2D eigenvalue weighted by molar-refractivity contribution is 0.0992. The number of hydrogen-bond acceptors (Lipinski definition) is 5. The molecule has 0 saturated carbocycles. The maximum absolute atomic E-state index is 13.3. The summed E-state index contributed by atoms with van der Waals surface area (Å²) >= 11 is 6.13. The summed E-state index contributed by atoms with van der Waals surface area (Å²) in [7, 11) is 3.14. The summed E-state index contributed by atoms with van der Waals surface area (Å²) in [4.78, 5) is 19.3. The van der Waals surface area contributed by atoms with E-state index in [0.29, 0.717) is 33.5 Å². The third-order valence-electron chi connectivity index (χ3n) is 4.58. The maximum Gasteiger partial charge on any atom is 0.262 e. The van der Waals surface area contributed by atoms with Crippen molar-refractivity contribution in [1.29, 1.82) is 0 Å². The highest BCUT2D eigenvalue weighted by molar-refractivity contribution is 6.30. The fraction of sp³-hybridized carbons (Fsp3) is 0.143. The molecule has 1 aromatic heterocycles. The van der Waals surface area contributed by atoms with Crippen LogP contribution in [0.5, 0.6) is 11.5 Å². The van der Waals surface area contributed by atoms with Crippen LogP contribution < -0.4 is 19.7 Å². The maximum atomic E-state index is 13.3. The van der Waals surface area contributed by atoms with Gasteiger partial charge in [-0.25, -0.2) is 0 Å². The number of ether oxygens (including phenoxy) is 2. The standard InChI is InChI=1S/C21H18ClN3O3/c1-27-15-8-9-18(28-2)17(12-15)25-20(24-14-6-3-5-13(22)11-14)19-16(21(25)26)7-4-10-23-19/h3-12,20,24H,1-2H3/t20-/m0/s1. The molecule has 0 unspecified atom stereocenters. The molecule has 3 aromatic rings. The highest BCUT2D eigenvalue weighted by atomic mass is 35.5. The first-order valence-electron chi connectivity index (χ1n) is 8.65. The molecule has 0 bridgehead atoms. The van der Waals surface area contributed by atoms with E-state index in [0.717, 1.165) is 5.69 Å². The van der Waals surface area contributed by atoms with Crippen LogP contribution in [-0.2, 0) is 0 Å². The van der Waals surface area contributed by atoms with Crippen LogP contribution in [0, 0.1) is 0 Å². The second kappa shape index (κ2) is 7.40. The van der Waals surface area contributed by atoms with Crippen molar-refractivity contribution in [3.8, 4) is 11.5 Å². The van der Waals surface area contributed by atoms with Crippen molar-refractivity contribution in [3.63, 3.8) is 0 Å². The SMILES string of the molecule is COc1ccc(OC)c(N2C(=O)c3cccnc3[C@H]2Nc2cccc(Cl)c2)c1. The molecular formula is C21H18ClN3O3. The third kappa shape index (κ3) is 3.12. The van der Waals surface area contributed by atoms with E-state index in [4.69, 9.17) is 21.1 Å². The van der Waals surface area contributed by atoms with Crippen LogP contribution in [0.15, 0.2) is 60.8 Å². The van der Waals surface area contributed by atoms with Gasteiger partial charge in [0.2, 0.25) is 0 Å². The number of amides is 1. The molecule has 0 aliphatic carbocycles. The van der Waals surface area contributed by atoms with Crippen LogP contribution in [0.3, 0.4) is 0 Å². The molecule has 0 spiro atoms. The van der Waals surface area contributed by atoms with Gasteiger partial charge < -0.3 is 14.8 Å². The molecule has 2 heterocycles. The van der Waals surface area contributed by atoms with E-state index in [-0.39, 0.29) is 5.91 Å². The number of anilines is 2. The molecule has 2 aromatic carbocycles. The summed E-state index contributed by atoms with van der Waals surface area (Å²) in [5.74, 6) is 1.00. The Hall–Kier alpha value is -3.25. The van der Waals surface area contributed by atoms with Gasteiger partial charge in [-0.1, -0.05) is 17.7 Å². The summed E-state index contributed by atoms with van der Waals surface area (Å²) in [6.45, 7) is 0. The zero-order chi connectivity index (χ0) is 19.7. The van der Waals surface area contributed by atoms with Crippen LogP contribution >= 0.6 is 11.6 Å². The van der Waals surface area contributed by atoms with Gasteiger partial charge >= 0.3 is 0 Å². The Morgan fingerprint density at radius 1 is 1.07 bits per heavy atom. The molecule has 28 heavy (non-hydrogen) atoms. The molecule has 1 amide bonds. The summed E-state index contributed by atoms with van der Waals surface area (Å²) in [6, 6.07) is 16.2. The lowest BCUT2D eigenvalue weighted by Crippen LogP contribution is -2.32. The molecular weight excluding hydrogens is 378 g/mol. The van der Waals surface area contributed by atoms with Crippen LogP contribution in [-0.4, -0.2) is 25.1 Å². The number of carbonyl (C=O) groups excluding carboxylic acids is 1. The highest BCUT2D eigenvalue weighted by Gasteiger charge is 2.40. The normalized spacial score (nSPS) is 15.3. The van der Waals surface area contributed by atoms with Gasteiger partial charge in [0.15, 0.2) is 6.17 Å². The number of benzene rings is 2. The molecule has 0 fully saturated rings. The number of nitrogens with one attached hydrogen (secondary N) is 1. The molecule has 0 radical (unpaired) electrons. The van der Waals surface area contributed by atoms with Gasteiger partial charge in [0.1, 0.15) is 11.5 Å². The molecule has 142 valence electrons. The number of methoxy groups -OCH3 is 2. The molecule has 1 aliphatic rings. The molecule has 4 rings (SSSR count). The molecule has 6 nitrogen and oxygen atoms in total. The number of pyridine rings is 1. The van der Waals surface area contributed by atoms with Gasteiger partial charge in [0.05, 0.1) is 31.2 Å². The van der Waals surface area contributed by atoms with Crippen molar-refractivity contribution < 1.29 is 14.3 Å². The van der Waals surface area contributed by atoms with Crippen molar-refractivity contribution >= 4 is 28.9 Å². The number of aromatic nitrogens is 1. The fourth-order valence-corrected chi connectivity index (χ4v) is 3.48. The molecule has 0 saturated heterocycles. The predicted octanol–water partition coefficient (Wildman–Crippen LogP) is 4.52. The Bertz CT molecular complexity index is 1040. The second-order valence-corrected chi connectivity index (χ2v) is 6.64. The second-order valence-electron chi connectivity index (χ2n) is 6.21. The number of rotatable bonds is 5. The Kier molecular flexibility index (Phi) is 4.79. The summed E-state index contributed by atoms with van der Waals surface area (Å²) in [5, 5.41) is 3.97. The van der Waals surface area contributed by atoms with E-state index in [2.05, 4.69) is 10.3 Å². The van der Waals surface area contributed by atoms with Gasteiger partial charge in [0.25, 0.3) is 5.91 Å². The predicted molar refractivity (Wildman–Crippen MR) is 108 cm³/mol. The van der Waals surface area contributed by atoms with Gasteiger partial charge in [-0.05, 0) is 42.5 Å². The molecule has 1 atom stereocenters. The first-order chi connectivity index (χ1) is 13.6. The van der Waals surface area contributed by atoms with Gasteiger partial charge in [0, 0.05) is 23.0 Å². The minimum absolute atomic E-state index is 0.172. The number of fused-ring (bicyclic) bond motifs is 1. The quantitative estimate of drug-likeness (QED) is 0.688. The van der Waals surface area contributed by atoms with E-state index in [1.165, 1.54) is 0 Å². The van der Waals surface area contributed by atoms with Crippen molar-refractivity contribution in [3.05, 3.63) is 77.1 Å². The Labute approximate surface area is 167 Å². The number of carbonyl (C=O) groups is 1. The Morgan fingerprint density at radius 3 is 2.68 bits per heavy atom. The van der Waals surface area contributed by atoms with Crippen LogP contribution in [0.25, 0.3) is 0 Å². The first kappa shape index (κ1) is 18.1. The summed E-state index contributed by atoms with van der Waals surface area (Å²) in [5.41, 5.74) is 2.53. The van der Waals surface area contributed by atoms with E-state index in [1.807, 2.05) is 12.1 Å². The third-order valence-corrected chi connectivity index (χ3v) is 4.81. The van der Waals surface area contributed by atoms with Gasteiger partial charge in [-0.3, -0.25) is 14.7 Å². The number of halogens is 1. The van der Waals surface area contributed by atoms with Gasteiger partial charge in [-0.15, -0.1) is 0 Å². The first-order valence-corrected chi connectivity index (χ1v) is 9.03. The number of nitrogens with zero attached hydrogens (tertiary/aromatic N) is 2. The van der Waals surface area contributed by atoms with Gasteiger partial charge in [-0.2, -0.15) is 0 Å². The lowest BCUT2D eigenvalue weighted by Gasteiger charge is -2.28. The zero-order valence-corrected chi connectivity index (χ0v) is 16.1. The Balaban J connectivity index is 1.84. The minimum atomic E-state index is -0.525. The van der Waals surface area contributed by atoms with Crippen molar-refractivity contribution in [2.75, 3.05) is 24.4 Å². The van der Waals surface area contributed by atoms with Crippen LogP contribution in [0.2, 0.25) is 5.02 Å². The largest absolute Gasteiger partial charge is 0.497 e. The van der Waals surface area contributed by atoms with Crippen LogP contribution in [0.4, 0.5) is 11.4 Å². The van der Waals surface area contributed by atoms with E-state index >= 15 is 0 Å². The topological polar surface area (TPSA) is 63.7 Å². The van der Waals surface area contributed by atoms with E-state index in [9.17, 15) is 4.79 Å². The van der Waals surface area contributed by atoms with E-state index in [1.54, 1.807) is 67.8 Å². The van der Waals surface area contributed by atoms with Crippen molar-refractivity contribution in [2.45, 2.75) is 6.17 Å². The average molecular weight is 396 g/mol.